The average Bonchev–Trinajstić information content (AvgIpc) is 2.37. The molecule has 2 aromatic heterocycles. The van der Waals surface area contributed by atoms with Crippen molar-refractivity contribution in [3.05, 3.63) is 36.5 Å². The smallest absolute Gasteiger partial charge is 0.309 e. The Hall–Kier alpha value is -2.37. The van der Waals surface area contributed by atoms with E-state index in [4.69, 9.17) is 5.11 Å². The molecule has 2 aromatic rings. The van der Waals surface area contributed by atoms with Crippen LogP contribution in [0.4, 0.5) is 0 Å². The maximum absolute atomic E-state index is 10.5. The van der Waals surface area contributed by atoms with E-state index >= 15 is 0 Å². The third-order valence-electron chi connectivity index (χ3n) is 2.44. The number of aliphatic carboxylic acids is 1. The van der Waals surface area contributed by atoms with Crippen LogP contribution in [0, 0.1) is 6.92 Å². The van der Waals surface area contributed by atoms with Crippen LogP contribution in [0.2, 0.25) is 0 Å². The highest BCUT2D eigenvalue weighted by Gasteiger charge is 2.06. The first-order valence-electron chi connectivity index (χ1n) is 5.53. The molecule has 0 aliphatic carbocycles. The zero-order valence-electron chi connectivity index (χ0n) is 9.95. The molecule has 0 saturated heterocycles. The molecular formula is C12H13N4O2+. The average molecular weight is 245 g/mol. The SMILES string of the molecule is Cc1nncc(-c2cc[n+](CCC(=O)O)cc2)n1. The summed E-state index contributed by atoms with van der Waals surface area (Å²) < 4.78 is 1.82. The lowest BCUT2D eigenvalue weighted by atomic mass is 10.2. The van der Waals surface area contributed by atoms with Crippen LogP contribution in [-0.2, 0) is 11.3 Å². The Morgan fingerprint density at radius 2 is 2.11 bits per heavy atom. The van der Waals surface area contributed by atoms with Crippen molar-refractivity contribution in [3.63, 3.8) is 0 Å². The molecule has 1 N–H and O–H groups in total. The number of carboxylic acids is 1. The summed E-state index contributed by atoms with van der Waals surface area (Å²) in [5, 5.41) is 16.2. The number of carboxylic acid groups (broad SMARTS) is 1. The molecule has 2 rings (SSSR count). The lowest BCUT2D eigenvalue weighted by Gasteiger charge is -2.00. The van der Waals surface area contributed by atoms with Crippen molar-refractivity contribution in [1.82, 2.24) is 15.2 Å². The van der Waals surface area contributed by atoms with Crippen LogP contribution in [0.5, 0.6) is 0 Å². The number of aryl methyl sites for hydroxylation is 2. The van der Waals surface area contributed by atoms with Crippen LogP contribution in [0.15, 0.2) is 30.7 Å². The van der Waals surface area contributed by atoms with Crippen molar-refractivity contribution >= 4 is 5.97 Å². The molecule has 0 bridgehead atoms. The molecule has 18 heavy (non-hydrogen) atoms. The molecule has 6 nitrogen and oxygen atoms in total. The van der Waals surface area contributed by atoms with Crippen LogP contribution < -0.4 is 4.57 Å². The van der Waals surface area contributed by atoms with Crippen LogP contribution in [0.25, 0.3) is 11.3 Å². The first kappa shape index (κ1) is 12.1. The fraction of sp³-hybridized carbons (Fsp3) is 0.250. The lowest BCUT2D eigenvalue weighted by Crippen LogP contribution is -2.33. The van der Waals surface area contributed by atoms with Crippen molar-refractivity contribution < 1.29 is 14.5 Å². The molecule has 0 spiro atoms. The van der Waals surface area contributed by atoms with Gasteiger partial charge in [0.15, 0.2) is 18.9 Å². The van der Waals surface area contributed by atoms with Gasteiger partial charge in [-0.1, -0.05) is 0 Å². The second kappa shape index (κ2) is 5.31. The Morgan fingerprint density at radius 1 is 1.39 bits per heavy atom. The Kier molecular flexibility index (Phi) is 3.57. The van der Waals surface area contributed by atoms with Gasteiger partial charge in [0.05, 0.1) is 11.9 Å². The van der Waals surface area contributed by atoms with Gasteiger partial charge < -0.3 is 5.11 Å². The van der Waals surface area contributed by atoms with Crippen molar-refractivity contribution in [1.29, 1.82) is 0 Å². The van der Waals surface area contributed by atoms with Gasteiger partial charge in [-0.05, 0) is 6.92 Å². The maximum Gasteiger partial charge on any atom is 0.309 e. The highest BCUT2D eigenvalue weighted by atomic mass is 16.4. The Balaban J connectivity index is 2.14. The minimum Gasteiger partial charge on any atom is -0.481 e. The molecule has 92 valence electrons. The first-order chi connectivity index (χ1) is 8.65. The highest BCUT2D eigenvalue weighted by molar-refractivity contribution is 5.66. The van der Waals surface area contributed by atoms with Crippen molar-refractivity contribution in [2.45, 2.75) is 19.9 Å². The van der Waals surface area contributed by atoms with Gasteiger partial charge in [-0.15, -0.1) is 5.10 Å². The van der Waals surface area contributed by atoms with E-state index in [2.05, 4.69) is 15.2 Å². The molecule has 0 amide bonds. The van der Waals surface area contributed by atoms with E-state index in [1.54, 1.807) is 13.1 Å². The molecule has 0 unspecified atom stereocenters. The highest BCUT2D eigenvalue weighted by Crippen LogP contribution is 2.12. The zero-order chi connectivity index (χ0) is 13.0. The topological polar surface area (TPSA) is 79.9 Å². The predicted molar refractivity (Wildman–Crippen MR) is 62.4 cm³/mol. The fourth-order valence-electron chi connectivity index (χ4n) is 1.53. The molecule has 0 aliphatic rings. The summed E-state index contributed by atoms with van der Waals surface area (Å²) in [7, 11) is 0. The van der Waals surface area contributed by atoms with Gasteiger partial charge in [-0.25, -0.2) is 9.55 Å². The quantitative estimate of drug-likeness (QED) is 0.798. The normalized spacial score (nSPS) is 10.3. The van der Waals surface area contributed by atoms with E-state index in [9.17, 15) is 4.79 Å². The lowest BCUT2D eigenvalue weighted by molar-refractivity contribution is -0.695. The molecule has 0 saturated carbocycles. The predicted octanol–water partition coefficient (Wildman–Crippen LogP) is 0.609. The summed E-state index contributed by atoms with van der Waals surface area (Å²) >= 11 is 0. The number of hydrogen-bond donors (Lipinski definition) is 1. The molecule has 6 heteroatoms. The van der Waals surface area contributed by atoms with E-state index < -0.39 is 5.97 Å². The summed E-state index contributed by atoms with van der Waals surface area (Å²) in [5.74, 6) is -0.183. The Bertz CT molecular complexity index is 554. The number of carbonyl (C=O) groups is 1. The van der Waals surface area contributed by atoms with Gasteiger partial charge in [0.25, 0.3) is 0 Å². The van der Waals surface area contributed by atoms with Crippen LogP contribution in [-0.4, -0.2) is 26.3 Å². The number of aromatic nitrogens is 4. The maximum atomic E-state index is 10.5. The minimum atomic E-state index is -0.804. The van der Waals surface area contributed by atoms with E-state index in [1.807, 2.05) is 29.1 Å². The molecule has 2 heterocycles. The van der Waals surface area contributed by atoms with E-state index in [0.717, 1.165) is 11.3 Å². The van der Waals surface area contributed by atoms with E-state index in [1.165, 1.54) is 0 Å². The van der Waals surface area contributed by atoms with Crippen molar-refractivity contribution in [3.8, 4) is 11.3 Å². The number of rotatable bonds is 4. The first-order valence-corrected chi connectivity index (χ1v) is 5.53. The second-order valence-electron chi connectivity index (χ2n) is 3.86. The standard InChI is InChI=1S/C12H12N4O2/c1-9-14-11(8-13-15-9)10-2-5-16(6-3-10)7-4-12(17)18/h2-3,5-6,8H,4,7H2,1H3/p+1. The molecule has 0 aliphatic heterocycles. The molecule has 0 radical (unpaired) electrons. The van der Waals surface area contributed by atoms with Gasteiger partial charge in [0.1, 0.15) is 12.2 Å². The van der Waals surface area contributed by atoms with Gasteiger partial charge in [-0.2, -0.15) is 5.10 Å². The van der Waals surface area contributed by atoms with Crippen molar-refractivity contribution in [2.75, 3.05) is 0 Å². The molecule has 0 atom stereocenters. The van der Waals surface area contributed by atoms with Crippen LogP contribution in [0.3, 0.4) is 0 Å². The second-order valence-corrected chi connectivity index (χ2v) is 3.86. The third kappa shape index (κ3) is 3.07. The van der Waals surface area contributed by atoms with Crippen molar-refractivity contribution in [2.24, 2.45) is 0 Å². The number of nitrogens with zero attached hydrogens (tertiary/aromatic N) is 4. The van der Waals surface area contributed by atoms with E-state index in [0.29, 0.717) is 12.4 Å². The molecule has 0 aromatic carbocycles. The van der Waals surface area contributed by atoms with Gasteiger partial charge >= 0.3 is 5.97 Å². The largest absolute Gasteiger partial charge is 0.481 e. The molecule has 0 fully saturated rings. The third-order valence-corrected chi connectivity index (χ3v) is 2.44. The summed E-state index contributed by atoms with van der Waals surface area (Å²) in [4.78, 5) is 14.7. The summed E-state index contributed by atoms with van der Waals surface area (Å²) in [5.41, 5.74) is 1.69. The number of pyridine rings is 1. The van der Waals surface area contributed by atoms with Gasteiger partial charge in [0, 0.05) is 17.7 Å². The fourth-order valence-corrected chi connectivity index (χ4v) is 1.53. The van der Waals surface area contributed by atoms with Gasteiger partial charge in [-0.3, -0.25) is 4.79 Å². The van der Waals surface area contributed by atoms with E-state index in [-0.39, 0.29) is 6.42 Å². The summed E-state index contributed by atoms with van der Waals surface area (Å²) in [6.07, 6.45) is 5.37. The summed E-state index contributed by atoms with van der Waals surface area (Å²) in [6.45, 7) is 2.24. The minimum absolute atomic E-state index is 0.109. The van der Waals surface area contributed by atoms with Crippen LogP contribution >= 0.6 is 0 Å². The number of hydrogen-bond acceptors (Lipinski definition) is 4. The monoisotopic (exact) mass is 245 g/mol. The Labute approximate surface area is 104 Å². The summed E-state index contributed by atoms with van der Waals surface area (Å²) in [6, 6.07) is 3.76. The van der Waals surface area contributed by atoms with Crippen LogP contribution in [0.1, 0.15) is 12.2 Å². The van der Waals surface area contributed by atoms with Gasteiger partial charge in [0.2, 0.25) is 0 Å². The molecular weight excluding hydrogens is 232 g/mol. The zero-order valence-corrected chi connectivity index (χ0v) is 9.95. The Morgan fingerprint density at radius 3 is 2.72 bits per heavy atom.